The molecule has 6 heteroatoms. The van der Waals surface area contributed by atoms with Gasteiger partial charge in [-0.05, 0) is 57.0 Å². The number of hydrogen-bond donors (Lipinski definition) is 1. The quantitative estimate of drug-likeness (QED) is 0.913. The van der Waals surface area contributed by atoms with Crippen LogP contribution in [-0.4, -0.2) is 37.9 Å². The van der Waals surface area contributed by atoms with Gasteiger partial charge in [-0.2, -0.15) is 5.10 Å². The monoisotopic (exact) mass is 333 g/mol. The van der Waals surface area contributed by atoms with Gasteiger partial charge in [0.05, 0.1) is 5.69 Å². The number of rotatable bonds is 5. The van der Waals surface area contributed by atoms with Gasteiger partial charge in [0, 0.05) is 34.5 Å². The zero-order chi connectivity index (χ0) is 17.1. The summed E-state index contributed by atoms with van der Waals surface area (Å²) in [7, 11) is -0.958. The van der Waals surface area contributed by atoms with Gasteiger partial charge in [-0.3, -0.25) is 9.00 Å². The molecule has 0 saturated heterocycles. The van der Waals surface area contributed by atoms with Crippen molar-refractivity contribution in [3.05, 3.63) is 46.8 Å². The summed E-state index contributed by atoms with van der Waals surface area (Å²) in [5, 5.41) is 7.12. The molecular weight excluding hydrogens is 310 g/mol. The first-order valence-electron chi connectivity index (χ1n) is 7.53. The van der Waals surface area contributed by atoms with Crippen molar-refractivity contribution in [2.75, 3.05) is 12.8 Å². The van der Waals surface area contributed by atoms with Crippen LogP contribution < -0.4 is 5.32 Å². The van der Waals surface area contributed by atoms with Crippen LogP contribution in [0.2, 0.25) is 0 Å². The topological polar surface area (TPSA) is 64.0 Å². The third kappa shape index (κ3) is 4.28. The van der Waals surface area contributed by atoms with Crippen molar-refractivity contribution in [3.8, 4) is 5.69 Å². The molecule has 1 N–H and O–H groups in total. The summed E-state index contributed by atoms with van der Waals surface area (Å²) in [6, 6.07) is 7.94. The normalized spacial score (nSPS) is 13.6. The van der Waals surface area contributed by atoms with Crippen molar-refractivity contribution < 1.29 is 9.00 Å². The Kier molecular flexibility index (Phi) is 5.36. The number of nitrogens with zero attached hydrogens (tertiary/aromatic N) is 2. The van der Waals surface area contributed by atoms with Crippen molar-refractivity contribution >= 4 is 16.7 Å². The number of aryl methyl sites for hydroxylation is 3. The molecule has 1 heterocycles. The van der Waals surface area contributed by atoms with Gasteiger partial charge in [-0.25, -0.2) is 4.68 Å². The summed E-state index contributed by atoms with van der Waals surface area (Å²) in [4.78, 5) is 12.2. The fraction of sp³-hybridized carbons (Fsp3) is 0.412. The van der Waals surface area contributed by atoms with Crippen molar-refractivity contribution in [2.24, 2.45) is 0 Å². The molecule has 0 bridgehead atoms. The highest BCUT2D eigenvalue weighted by Gasteiger charge is 2.15. The first-order chi connectivity index (χ1) is 10.8. The van der Waals surface area contributed by atoms with E-state index in [0.29, 0.717) is 12.2 Å². The Morgan fingerprint density at radius 3 is 2.39 bits per heavy atom. The fourth-order valence-electron chi connectivity index (χ4n) is 2.36. The van der Waals surface area contributed by atoms with Crippen molar-refractivity contribution in [1.82, 2.24) is 15.1 Å². The first kappa shape index (κ1) is 17.4. The highest BCUT2D eigenvalue weighted by atomic mass is 32.2. The highest BCUT2D eigenvalue weighted by molar-refractivity contribution is 7.84. The van der Waals surface area contributed by atoms with Crippen molar-refractivity contribution in [3.63, 3.8) is 0 Å². The molecule has 2 rings (SSSR count). The number of amides is 1. The average molecular weight is 333 g/mol. The minimum Gasteiger partial charge on any atom is -0.349 e. The Bertz CT molecular complexity index is 732. The molecule has 2 atom stereocenters. The van der Waals surface area contributed by atoms with E-state index in [1.54, 1.807) is 17.0 Å². The minimum absolute atomic E-state index is 0.0819. The molecule has 0 saturated carbocycles. The molecule has 1 aromatic carbocycles. The standard InChI is InChI=1S/C17H23N3O2S/c1-11-6-12(2)8-15(7-11)20-13(3)9-16(19-20)17(21)18-10-14(4)23(5)22/h6-9,14H,10H2,1-5H3,(H,18,21). The summed E-state index contributed by atoms with van der Waals surface area (Å²) in [5.74, 6) is -0.242. The van der Waals surface area contributed by atoms with Crippen LogP contribution in [0.3, 0.4) is 0 Å². The van der Waals surface area contributed by atoms with E-state index in [-0.39, 0.29) is 11.2 Å². The maximum atomic E-state index is 12.2. The zero-order valence-corrected chi connectivity index (χ0v) is 15.0. The number of carbonyl (C=O) groups excluding carboxylic acids is 1. The molecule has 1 amide bonds. The second-order valence-electron chi connectivity index (χ2n) is 5.95. The van der Waals surface area contributed by atoms with Gasteiger partial charge < -0.3 is 5.32 Å². The van der Waals surface area contributed by atoms with Crippen LogP contribution in [0.5, 0.6) is 0 Å². The average Bonchev–Trinajstić information content (AvgIpc) is 2.85. The number of nitrogens with one attached hydrogen (secondary N) is 1. The second kappa shape index (κ2) is 7.08. The van der Waals surface area contributed by atoms with E-state index in [9.17, 15) is 9.00 Å². The summed E-state index contributed by atoms with van der Waals surface area (Å²) < 4.78 is 13.1. The number of hydrogen-bond acceptors (Lipinski definition) is 3. The third-order valence-electron chi connectivity index (χ3n) is 3.69. The van der Waals surface area contributed by atoms with Crippen LogP contribution in [0.1, 0.15) is 34.2 Å². The summed E-state index contributed by atoms with van der Waals surface area (Å²) in [5.41, 5.74) is 4.52. The molecule has 0 aliphatic heterocycles. The van der Waals surface area contributed by atoms with E-state index < -0.39 is 10.8 Å². The lowest BCUT2D eigenvalue weighted by molar-refractivity contribution is 0.0948. The highest BCUT2D eigenvalue weighted by Crippen LogP contribution is 2.16. The molecule has 2 unspecified atom stereocenters. The Hall–Kier alpha value is -1.95. The number of carbonyl (C=O) groups is 1. The molecule has 2 aromatic rings. The van der Waals surface area contributed by atoms with E-state index in [2.05, 4.69) is 16.5 Å². The van der Waals surface area contributed by atoms with Crippen LogP contribution >= 0.6 is 0 Å². The smallest absolute Gasteiger partial charge is 0.271 e. The van der Waals surface area contributed by atoms with E-state index in [0.717, 1.165) is 22.5 Å². The van der Waals surface area contributed by atoms with Gasteiger partial charge >= 0.3 is 0 Å². The summed E-state index contributed by atoms with van der Waals surface area (Å²) in [6.07, 6.45) is 1.63. The SMILES string of the molecule is Cc1cc(C)cc(-n2nc(C(=O)NCC(C)S(C)=O)cc2C)c1. The Morgan fingerprint density at radius 2 is 1.83 bits per heavy atom. The van der Waals surface area contributed by atoms with Gasteiger partial charge in [0.25, 0.3) is 5.91 Å². The number of aromatic nitrogens is 2. The van der Waals surface area contributed by atoms with Gasteiger partial charge in [-0.15, -0.1) is 0 Å². The molecule has 5 nitrogen and oxygen atoms in total. The van der Waals surface area contributed by atoms with E-state index in [1.165, 1.54) is 0 Å². The summed E-state index contributed by atoms with van der Waals surface area (Å²) >= 11 is 0. The predicted octanol–water partition coefficient (Wildman–Crippen LogP) is 2.29. The van der Waals surface area contributed by atoms with E-state index in [1.807, 2.05) is 39.8 Å². The molecule has 23 heavy (non-hydrogen) atoms. The number of benzene rings is 1. The zero-order valence-electron chi connectivity index (χ0n) is 14.2. The van der Waals surface area contributed by atoms with Crippen LogP contribution in [0.25, 0.3) is 5.69 Å². The molecule has 0 aliphatic carbocycles. The molecule has 0 radical (unpaired) electrons. The van der Waals surface area contributed by atoms with Crippen molar-refractivity contribution in [2.45, 2.75) is 32.9 Å². The Labute approximate surface area is 139 Å². The molecule has 0 aliphatic rings. The second-order valence-corrected chi connectivity index (χ2v) is 7.75. The van der Waals surface area contributed by atoms with Gasteiger partial charge in [0.1, 0.15) is 0 Å². The van der Waals surface area contributed by atoms with Crippen LogP contribution in [0.4, 0.5) is 0 Å². The molecule has 1 aromatic heterocycles. The van der Waals surface area contributed by atoms with Crippen LogP contribution in [0.15, 0.2) is 24.3 Å². The fourth-order valence-corrected chi connectivity index (χ4v) is 2.68. The molecule has 0 spiro atoms. The molecule has 124 valence electrons. The maximum Gasteiger partial charge on any atom is 0.271 e. The third-order valence-corrected chi connectivity index (χ3v) is 4.99. The lowest BCUT2D eigenvalue weighted by Gasteiger charge is -2.09. The largest absolute Gasteiger partial charge is 0.349 e. The van der Waals surface area contributed by atoms with Crippen LogP contribution in [-0.2, 0) is 10.8 Å². The lowest BCUT2D eigenvalue weighted by atomic mass is 10.1. The van der Waals surface area contributed by atoms with Crippen LogP contribution in [0, 0.1) is 20.8 Å². The summed E-state index contributed by atoms with van der Waals surface area (Å²) in [6.45, 7) is 8.21. The van der Waals surface area contributed by atoms with Gasteiger partial charge in [0.2, 0.25) is 0 Å². The van der Waals surface area contributed by atoms with Crippen molar-refractivity contribution in [1.29, 1.82) is 0 Å². The predicted molar refractivity (Wildman–Crippen MR) is 93.6 cm³/mol. The van der Waals surface area contributed by atoms with Gasteiger partial charge in [-0.1, -0.05) is 6.07 Å². The van der Waals surface area contributed by atoms with E-state index >= 15 is 0 Å². The van der Waals surface area contributed by atoms with Gasteiger partial charge in [0.15, 0.2) is 5.69 Å². The Balaban J connectivity index is 2.20. The minimum atomic E-state index is -0.958. The van der Waals surface area contributed by atoms with E-state index in [4.69, 9.17) is 0 Å². The molecular formula is C17H23N3O2S. The Morgan fingerprint density at radius 1 is 1.22 bits per heavy atom. The molecule has 0 fully saturated rings. The lowest BCUT2D eigenvalue weighted by Crippen LogP contribution is -2.32. The first-order valence-corrected chi connectivity index (χ1v) is 9.16. The maximum absolute atomic E-state index is 12.2.